The number of aromatic nitrogens is 4. The van der Waals surface area contributed by atoms with Crippen molar-refractivity contribution >= 4 is 17.3 Å². The van der Waals surface area contributed by atoms with Crippen molar-refractivity contribution in [1.82, 2.24) is 19.9 Å². The van der Waals surface area contributed by atoms with Crippen LogP contribution >= 0.6 is 0 Å². The molecule has 0 aromatic carbocycles. The zero-order valence-electron chi connectivity index (χ0n) is 9.65. The summed E-state index contributed by atoms with van der Waals surface area (Å²) in [5, 5.41) is 13.8. The highest BCUT2D eigenvalue weighted by Gasteiger charge is 2.22. The summed E-state index contributed by atoms with van der Waals surface area (Å²) >= 11 is 0. The summed E-state index contributed by atoms with van der Waals surface area (Å²) in [6.45, 7) is 0.268. The average molecular weight is 262 g/mol. The second kappa shape index (κ2) is 5.64. The van der Waals surface area contributed by atoms with Crippen molar-refractivity contribution in [2.24, 2.45) is 5.84 Å². The van der Waals surface area contributed by atoms with Gasteiger partial charge in [0.1, 0.15) is 12.7 Å². The van der Waals surface area contributed by atoms with Gasteiger partial charge in [0.2, 0.25) is 11.6 Å². The van der Waals surface area contributed by atoms with Gasteiger partial charge in [0.15, 0.2) is 0 Å². The van der Waals surface area contributed by atoms with Crippen LogP contribution in [0.4, 0.5) is 17.3 Å². The van der Waals surface area contributed by atoms with E-state index >= 15 is 0 Å². The Morgan fingerprint density at radius 3 is 2.68 bits per heavy atom. The highest BCUT2D eigenvalue weighted by Crippen LogP contribution is 2.28. The predicted octanol–water partition coefficient (Wildman–Crippen LogP) is 0.0725. The Hall–Kier alpha value is -2.88. The van der Waals surface area contributed by atoms with Crippen molar-refractivity contribution in [3.05, 3.63) is 40.7 Å². The number of hydrogen-bond donors (Lipinski definition) is 3. The molecule has 19 heavy (non-hydrogen) atoms. The van der Waals surface area contributed by atoms with Crippen LogP contribution in [0.1, 0.15) is 5.69 Å². The number of nitro groups is 1. The molecule has 0 spiro atoms. The van der Waals surface area contributed by atoms with E-state index in [1.54, 1.807) is 12.3 Å². The summed E-state index contributed by atoms with van der Waals surface area (Å²) in [6, 6.07) is 1.68. The molecular formula is C9H10N8O2. The molecule has 0 aliphatic rings. The van der Waals surface area contributed by atoms with Gasteiger partial charge in [-0.3, -0.25) is 10.1 Å². The second-order valence-electron chi connectivity index (χ2n) is 3.38. The summed E-state index contributed by atoms with van der Waals surface area (Å²) < 4.78 is 0. The normalized spacial score (nSPS) is 9.95. The molecule has 10 nitrogen and oxygen atoms in total. The number of rotatable bonds is 5. The van der Waals surface area contributed by atoms with E-state index in [2.05, 4.69) is 30.7 Å². The molecule has 0 amide bonds. The molecule has 0 aliphatic carbocycles. The molecular weight excluding hydrogens is 252 g/mol. The van der Waals surface area contributed by atoms with Crippen LogP contribution in [0.2, 0.25) is 0 Å². The molecule has 0 bridgehead atoms. The number of hydrogen-bond acceptors (Lipinski definition) is 9. The van der Waals surface area contributed by atoms with E-state index in [1.807, 2.05) is 0 Å². The molecule has 0 saturated carbocycles. The van der Waals surface area contributed by atoms with E-state index in [4.69, 9.17) is 5.84 Å². The molecule has 0 fully saturated rings. The van der Waals surface area contributed by atoms with Gasteiger partial charge in [-0.2, -0.15) is 0 Å². The second-order valence-corrected chi connectivity index (χ2v) is 3.38. The standard InChI is InChI=1S/C9H10N8O2/c10-16-9-7(17(18)19)8(14-5-15-9)12-3-6-1-2-11-4-13-6/h1-2,4-5H,3,10H2,(H2,12,14,15,16). The van der Waals surface area contributed by atoms with Crippen molar-refractivity contribution in [1.29, 1.82) is 0 Å². The highest BCUT2D eigenvalue weighted by molar-refractivity contribution is 5.68. The number of anilines is 2. The molecule has 2 aromatic rings. The van der Waals surface area contributed by atoms with Gasteiger partial charge in [0.05, 0.1) is 17.2 Å². The predicted molar refractivity (Wildman–Crippen MR) is 65.9 cm³/mol. The summed E-state index contributed by atoms with van der Waals surface area (Å²) in [5.74, 6) is 5.17. The molecule has 0 radical (unpaired) electrons. The first kappa shape index (κ1) is 12.6. The van der Waals surface area contributed by atoms with Crippen LogP contribution in [0.15, 0.2) is 24.9 Å². The third kappa shape index (κ3) is 2.87. The molecule has 2 heterocycles. The lowest BCUT2D eigenvalue weighted by Crippen LogP contribution is -2.14. The SMILES string of the molecule is NNc1ncnc(NCc2ccncn2)c1[N+](=O)[O-]. The summed E-state index contributed by atoms with van der Waals surface area (Å²) in [5.41, 5.74) is 2.51. The molecule has 0 saturated heterocycles. The first-order chi connectivity index (χ1) is 9.22. The minimum absolute atomic E-state index is 0.0616. The molecule has 98 valence electrons. The van der Waals surface area contributed by atoms with Gasteiger partial charge < -0.3 is 10.7 Å². The zero-order valence-corrected chi connectivity index (χ0v) is 9.65. The first-order valence-corrected chi connectivity index (χ1v) is 5.17. The van der Waals surface area contributed by atoms with Crippen molar-refractivity contribution in [2.75, 3.05) is 10.7 Å². The number of nitrogens with one attached hydrogen (secondary N) is 2. The number of nitrogens with zero attached hydrogens (tertiary/aromatic N) is 5. The summed E-state index contributed by atoms with van der Waals surface area (Å²) in [4.78, 5) is 25.6. The Labute approximate surface area is 107 Å². The van der Waals surface area contributed by atoms with Crippen LogP contribution < -0.4 is 16.6 Å². The van der Waals surface area contributed by atoms with E-state index in [0.29, 0.717) is 5.69 Å². The van der Waals surface area contributed by atoms with E-state index in [9.17, 15) is 10.1 Å². The monoisotopic (exact) mass is 262 g/mol. The largest absolute Gasteiger partial charge is 0.359 e. The number of nitrogen functional groups attached to an aromatic ring is 1. The number of nitrogens with two attached hydrogens (primary N) is 1. The molecule has 2 rings (SSSR count). The number of hydrazine groups is 1. The maximum atomic E-state index is 11.0. The Bertz CT molecular complexity index is 576. The van der Waals surface area contributed by atoms with Crippen molar-refractivity contribution in [2.45, 2.75) is 6.54 Å². The van der Waals surface area contributed by atoms with Crippen LogP contribution in [0.25, 0.3) is 0 Å². The lowest BCUT2D eigenvalue weighted by atomic mass is 10.4. The topological polar surface area (TPSA) is 145 Å². The average Bonchev–Trinajstić information content (AvgIpc) is 2.45. The van der Waals surface area contributed by atoms with Crippen LogP contribution in [0.5, 0.6) is 0 Å². The molecule has 10 heteroatoms. The molecule has 2 aromatic heterocycles. The molecule has 0 unspecified atom stereocenters. The van der Waals surface area contributed by atoms with E-state index < -0.39 is 4.92 Å². The quantitative estimate of drug-likeness (QED) is 0.387. The zero-order chi connectivity index (χ0) is 13.7. The molecule has 0 aliphatic heterocycles. The molecule has 0 atom stereocenters. The van der Waals surface area contributed by atoms with Gasteiger partial charge in [0, 0.05) is 6.20 Å². The van der Waals surface area contributed by atoms with E-state index in [1.165, 1.54) is 12.7 Å². The molecule has 4 N–H and O–H groups in total. The van der Waals surface area contributed by atoms with Crippen LogP contribution in [0, 0.1) is 10.1 Å². The fourth-order valence-corrected chi connectivity index (χ4v) is 1.38. The Kier molecular flexibility index (Phi) is 3.73. The van der Waals surface area contributed by atoms with Gasteiger partial charge in [-0.15, -0.1) is 0 Å². The lowest BCUT2D eigenvalue weighted by molar-refractivity contribution is -0.383. The van der Waals surface area contributed by atoms with Gasteiger partial charge >= 0.3 is 5.69 Å². The minimum atomic E-state index is -0.614. The summed E-state index contributed by atoms with van der Waals surface area (Å²) in [7, 11) is 0. The third-order valence-corrected chi connectivity index (χ3v) is 2.22. The van der Waals surface area contributed by atoms with Gasteiger partial charge in [-0.1, -0.05) is 0 Å². The van der Waals surface area contributed by atoms with E-state index in [-0.39, 0.29) is 23.9 Å². The van der Waals surface area contributed by atoms with E-state index in [0.717, 1.165) is 0 Å². The smallest absolute Gasteiger partial charge is 0.354 e. The minimum Gasteiger partial charge on any atom is -0.359 e. The van der Waals surface area contributed by atoms with Crippen LogP contribution in [0.3, 0.4) is 0 Å². The van der Waals surface area contributed by atoms with Crippen molar-refractivity contribution in [3.63, 3.8) is 0 Å². The highest BCUT2D eigenvalue weighted by atomic mass is 16.6. The Balaban J connectivity index is 2.23. The Morgan fingerprint density at radius 1 is 1.26 bits per heavy atom. The van der Waals surface area contributed by atoms with Crippen molar-refractivity contribution in [3.8, 4) is 0 Å². The van der Waals surface area contributed by atoms with Gasteiger partial charge in [-0.05, 0) is 6.07 Å². The Morgan fingerprint density at radius 2 is 2.05 bits per heavy atom. The fraction of sp³-hybridized carbons (Fsp3) is 0.111. The van der Waals surface area contributed by atoms with Gasteiger partial charge in [0.25, 0.3) is 0 Å². The van der Waals surface area contributed by atoms with Crippen molar-refractivity contribution < 1.29 is 4.92 Å². The third-order valence-electron chi connectivity index (χ3n) is 2.22. The first-order valence-electron chi connectivity index (χ1n) is 5.17. The fourth-order valence-electron chi connectivity index (χ4n) is 1.38. The summed E-state index contributed by atoms with van der Waals surface area (Å²) in [6.07, 6.45) is 4.13. The maximum absolute atomic E-state index is 11.0. The van der Waals surface area contributed by atoms with Gasteiger partial charge in [-0.25, -0.2) is 25.8 Å². The lowest BCUT2D eigenvalue weighted by Gasteiger charge is -2.07. The van der Waals surface area contributed by atoms with Crippen LogP contribution in [-0.2, 0) is 6.54 Å². The van der Waals surface area contributed by atoms with Crippen LogP contribution in [-0.4, -0.2) is 24.9 Å². The maximum Gasteiger partial charge on any atom is 0.354 e.